The van der Waals surface area contributed by atoms with Crippen LogP contribution >= 0.6 is 0 Å². The maximum Gasteiger partial charge on any atom is 0.416 e. The predicted octanol–water partition coefficient (Wildman–Crippen LogP) is 4.68. The second-order valence-corrected chi connectivity index (χ2v) is 8.59. The summed E-state index contributed by atoms with van der Waals surface area (Å²) in [5.74, 6) is 0.321. The van der Waals surface area contributed by atoms with Crippen LogP contribution in [0, 0.1) is 0 Å². The van der Waals surface area contributed by atoms with Crippen LogP contribution in [-0.2, 0) is 6.18 Å². The Hall–Kier alpha value is -3.66. The van der Waals surface area contributed by atoms with Crippen molar-refractivity contribution in [3.8, 4) is 22.7 Å². The van der Waals surface area contributed by atoms with Crippen LogP contribution in [0.4, 0.5) is 13.2 Å². The Balaban J connectivity index is 1.36. The fourth-order valence-corrected chi connectivity index (χ4v) is 4.30. The Labute approximate surface area is 193 Å². The van der Waals surface area contributed by atoms with Gasteiger partial charge in [-0.1, -0.05) is 17.3 Å². The van der Waals surface area contributed by atoms with Gasteiger partial charge in [-0.2, -0.15) is 18.3 Å². The third kappa shape index (κ3) is 4.05. The van der Waals surface area contributed by atoms with Crippen molar-refractivity contribution in [1.82, 2.24) is 25.2 Å². The third-order valence-electron chi connectivity index (χ3n) is 6.15. The highest BCUT2D eigenvalue weighted by molar-refractivity contribution is 5.95. The van der Waals surface area contributed by atoms with Gasteiger partial charge in [-0.25, -0.2) is 0 Å². The first-order chi connectivity index (χ1) is 16.2. The number of nitrogens with one attached hydrogen (secondary N) is 1. The van der Waals surface area contributed by atoms with E-state index in [4.69, 9.17) is 4.52 Å². The second kappa shape index (κ2) is 8.28. The number of hydrogen-bond acceptors (Lipinski definition) is 5. The van der Waals surface area contributed by atoms with Crippen LogP contribution in [-0.4, -0.2) is 63.8 Å². The Kier molecular flexibility index (Phi) is 5.40. The molecule has 1 fully saturated rings. The van der Waals surface area contributed by atoms with E-state index in [1.165, 1.54) is 6.07 Å². The summed E-state index contributed by atoms with van der Waals surface area (Å²) in [6, 6.07) is 12.3. The number of halogens is 3. The lowest BCUT2D eigenvalue weighted by Gasteiger charge is -2.38. The molecule has 3 heterocycles. The lowest BCUT2D eigenvalue weighted by atomic mass is 10.1. The van der Waals surface area contributed by atoms with Crippen molar-refractivity contribution in [3.63, 3.8) is 0 Å². The number of nitrogens with zero attached hydrogens (tertiary/aromatic N) is 4. The van der Waals surface area contributed by atoms with Gasteiger partial charge in [-0.05, 0) is 44.3 Å². The molecule has 176 valence electrons. The maximum absolute atomic E-state index is 13.0. The average molecular weight is 469 g/mol. The molecule has 0 aliphatic carbocycles. The smallest absolute Gasteiger partial charge is 0.354 e. The first-order valence-corrected chi connectivity index (χ1v) is 10.8. The zero-order valence-electron chi connectivity index (χ0n) is 18.6. The van der Waals surface area contributed by atoms with Crippen LogP contribution < -0.4 is 0 Å². The minimum Gasteiger partial charge on any atom is -0.354 e. The molecule has 2 aromatic heterocycles. The first kappa shape index (κ1) is 22.1. The molecule has 34 heavy (non-hydrogen) atoms. The lowest BCUT2D eigenvalue weighted by Crippen LogP contribution is -2.52. The van der Waals surface area contributed by atoms with E-state index in [-0.39, 0.29) is 17.5 Å². The molecule has 1 atom stereocenters. The normalized spacial score (nSPS) is 17.4. The van der Waals surface area contributed by atoms with Gasteiger partial charge in [0.1, 0.15) is 11.4 Å². The number of aromatic amines is 1. The second-order valence-electron chi connectivity index (χ2n) is 8.59. The van der Waals surface area contributed by atoms with E-state index in [1.54, 1.807) is 30.3 Å². The number of rotatable bonds is 3. The monoisotopic (exact) mass is 469 g/mol. The zero-order chi connectivity index (χ0) is 24.0. The van der Waals surface area contributed by atoms with Crippen molar-refractivity contribution in [2.24, 2.45) is 0 Å². The number of hydrogen-bond donors (Lipinski definition) is 1. The summed E-state index contributed by atoms with van der Waals surface area (Å²) in [7, 11) is 2.05. The van der Waals surface area contributed by atoms with E-state index in [0.717, 1.165) is 30.8 Å². The van der Waals surface area contributed by atoms with Gasteiger partial charge in [0.05, 0.1) is 11.1 Å². The molecule has 1 aliphatic rings. The van der Waals surface area contributed by atoms with Gasteiger partial charge in [0, 0.05) is 48.3 Å². The lowest BCUT2D eigenvalue weighted by molar-refractivity contribution is -0.137. The van der Waals surface area contributed by atoms with Crippen LogP contribution in [0.25, 0.3) is 33.6 Å². The van der Waals surface area contributed by atoms with Crippen LogP contribution in [0.2, 0.25) is 0 Å². The molecule has 1 aliphatic heterocycles. The van der Waals surface area contributed by atoms with Crippen molar-refractivity contribution in [3.05, 3.63) is 59.7 Å². The summed E-state index contributed by atoms with van der Waals surface area (Å²) < 4.78 is 44.3. The summed E-state index contributed by atoms with van der Waals surface area (Å²) in [5.41, 5.74) is 1.75. The number of carbonyl (C=O) groups excluding carboxylic acids is 1. The summed E-state index contributed by atoms with van der Waals surface area (Å²) in [6.07, 6.45) is -4.44. The number of fused-ring (bicyclic) bond motifs is 1. The molecule has 7 nitrogen and oxygen atoms in total. The van der Waals surface area contributed by atoms with Crippen molar-refractivity contribution in [1.29, 1.82) is 0 Å². The van der Waals surface area contributed by atoms with Gasteiger partial charge >= 0.3 is 6.18 Å². The molecule has 0 spiro atoms. The Morgan fingerprint density at radius 2 is 1.88 bits per heavy atom. The van der Waals surface area contributed by atoms with Gasteiger partial charge in [-0.3, -0.25) is 9.89 Å². The molecule has 1 saturated heterocycles. The van der Waals surface area contributed by atoms with Gasteiger partial charge < -0.3 is 14.3 Å². The summed E-state index contributed by atoms with van der Waals surface area (Å²) in [4.78, 5) is 17.0. The van der Waals surface area contributed by atoms with Crippen LogP contribution in [0.5, 0.6) is 0 Å². The molecule has 1 N–H and O–H groups in total. The van der Waals surface area contributed by atoms with E-state index < -0.39 is 11.7 Å². The number of aromatic nitrogens is 3. The third-order valence-corrected chi connectivity index (χ3v) is 6.15. The fraction of sp³-hybridized carbons (Fsp3) is 0.292. The molecule has 0 unspecified atom stereocenters. The van der Waals surface area contributed by atoms with Crippen molar-refractivity contribution in [2.45, 2.75) is 19.1 Å². The fourth-order valence-electron chi connectivity index (χ4n) is 4.30. The summed E-state index contributed by atoms with van der Waals surface area (Å²) in [5, 5.41) is 11.3. The molecule has 4 aromatic rings. The zero-order valence-corrected chi connectivity index (χ0v) is 18.6. The molecule has 10 heteroatoms. The summed E-state index contributed by atoms with van der Waals surface area (Å²) >= 11 is 0. The Bertz CT molecular complexity index is 1340. The first-order valence-electron chi connectivity index (χ1n) is 10.8. The highest BCUT2D eigenvalue weighted by Gasteiger charge is 2.31. The number of H-pyrrole nitrogens is 1. The molecule has 0 radical (unpaired) electrons. The van der Waals surface area contributed by atoms with E-state index in [2.05, 4.69) is 20.3 Å². The van der Waals surface area contributed by atoms with E-state index in [0.29, 0.717) is 34.6 Å². The SMILES string of the molecule is C[C@H]1CN(C)CCN1C(=O)c1ccc(-c2cc(-c3n[nH]c4cc(C(F)(F)F)ccc34)on2)cc1. The minimum absolute atomic E-state index is 0.00536. The average Bonchev–Trinajstić information content (AvgIpc) is 3.45. The molecular weight excluding hydrogens is 447 g/mol. The number of likely N-dealkylation sites (N-methyl/N-ethyl adjacent to an activating group) is 1. The van der Waals surface area contributed by atoms with Gasteiger partial charge in [0.2, 0.25) is 0 Å². The predicted molar refractivity (Wildman–Crippen MR) is 120 cm³/mol. The maximum atomic E-state index is 13.0. The number of amides is 1. The van der Waals surface area contributed by atoms with Crippen LogP contribution in [0.3, 0.4) is 0 Å². The number of carbonyl (C=O) groups is 1. The molecule has 1 amide bonds. The highest BCUT2D eigenvalue weighted by Crippen LogP contribution is 2.34. The molecule has 0 saturated carbocycles. The molecule has 0 bridgehead atoms. The Morgan fingerprint density at radius 3 is 2.59 bits per heavy atom. The molecule has 2 aromatic carbocycles. The van der Waals surface area contributed by atoms with E-state index in [9.17, 15) is 18.0 Å². The van der Waals surface area contributed by atoms with Crippen LogP contribution in [0.15, 0.2) is 53.1 Å². The quantitative estimate of drug-likeness (QED) is 0.472. The van der Waals surface area contributed by atoms with Gasteiger partial charge in [-0.15, -0.1) is 0 Å². The minimum atomic E-state index is -4.44. The van der Waals surface area contributed by atoms with Crippen molar-refractivity contribution >= 4 is 16.8 Å². The van der Waals surface area contributed by atoms with Crippen LogP contribution in [0.1, 0.15) is 22.8 Å². The number of piperazine rings is 1. The largest absolute Gasteiger partial charge is 0.416 e. The summed E-state index contributed by atoms with van der Waals surface area (Å²) in [6.45, 7) is 4.41. The van der Waals surface area contributed by atoms with Crippen molar-refractivity contribution in [2.75, 3.05) is 26.7 Å². The van der Waals surface area contributed by atoms with Gasteiger partial charge in [0.15, 0.2) is 5.76 Å². The topological polar surface area (TPSA) is 78.3 Å². The Morgan fingerprint density at radius 1 is 1.12 bits per heavy atom. The van der Waals surface area contributed by atoms with E-state index in [1.807, 2.05) is 18.9 Å². The van der Waals surface area contributed by atoms with E-state index >= 15 is 0 Å². The number of benzene rings is 2. The highest BCUT2D eigenvalue weighted by atomic mass is 19.4. The molecule has 5 rings (SSSR count). The number of alkyl halides is 3. The standard InChI is InChI=1S/C24H22F3N5O2/c1-14-13-31(2)9-10-32(14)23(33)16-5-3-15(4-6-16)19-12-21(34-30-19)22-18-8-7-17(24(25,26)27)11-20(18)28-29-22/h3-8,11-12,14H,9-10,13H2,1-2H3,(H,28,29)/t14-/m0/s1. The molecular formula is C24H22F3N5O2. The van der Waals surface area contributed by atoms with Crippen molar-refractivity contribution < 1.29 is 22.5 Å². The van der Waals surface area contributed by atoms with Gasteiger partial charge in [0.25, 0.3) is 5.91 Å².